The highest BCUT2D eigenvalue weighted by Gasteiger charge is 2.10. The van der Waals surface area contributed by atoms with Crippen molar-refractivity contribution < 1.29 is 9.53 Å². The highest BCUT2D eigenvalue weighted by molar-refractivity contribution is 5.85. The fourth-order valence-electron chi connectivity index (χ4n) is 2.20. The minimum Gasteiger partial charge on any atom is -0.462 e. The smallest absolute Gasteiger partial charge is 0.326 e. The molecule has 1 aromatic heterocycles. The van der Waals surface area contributed by atoms with Crippen molar-refractivity contribution >= 4 is 16.9 Å². The van der Waals surface area contributed by atoms with E-state index in [0.717, 1.165) is 11.9 Å². The highest BCUT2D eigenvalue weighted by atomic mass is 16.5. The first-order valence-electron chi connectivity index (χ1n) is 6.38. The van der Waals surface area contributed by atoms with Gasteiger partial charge in [0.25, 0.3) is 0 Å². The maximum atomic E-state index is 11.7. The van der Waals surface area contributed by atoms with E-state index in [4.69, 9.17) is 4.74 Å². The number of fused-ring (bicyclic) bond motifs is 1. The Morgan fingerprint density at radius 1 is 1.33 bits per heavy atom. The number of hydrogen-bond donors (Lipinski definition) is 0. The van der Waals surface area contributed by atoms with E-state index >= 15 is 0 Å². The molecule has 0 saturated heterocycles. The zero-order valence-corrected chi connectivity index (χ0v) is 11.1. The Balaban J connectivity index is 2.31. The molecule has 0 spiro atoms. The van der Waals surface area contributed by atoms with Gasteiger partial charge in [0.05, 0.1) is 11.6 Å². The third kappa shape index (κ3) is 2.55. The van der Waals surface area contributed by atoms with Crippen molar-refractivity contribution in [3.63, 3.8) is 0 Å². The molecule has 0 aliphatic heterocycles. The summed E-state index contributed by atoms with van der Waals surface area (Å²) in [5.41, 5.74) is 2.40. The predicted octanol–water partition coefficient (Wildman–Crippen LogP) is 3.16. The van der Waals surface area contributed by atoms with E-state index < -0.39 is 0 Å². The largest absolute Gasteiger partial charge is 0.462 e. The molecule has 0 amide bonds. The van der Waals surface area contributed by atoms with Crippen LogP contribution < -0.4 is 0 Å². The van der Waals surface area contributed by atoms with Crippen molar-refractivity contribution in [1.82, 2.24) is 4.57 Å². The molecule has 0 fully saturated rings. The average Bonchev–Trinajstić information content (AvgIpc) is 2.71. The van der Waals surface area contributed by atoms with Crippen molar-refractivity contribution in [2.75, 3.05) is 0 Å². The molecule has 18 heavy (non-hydrogen) atoms. The van der Waals surface area contributed by atoms with E-state index in [1.54, 1.807) is 0 Å². The molecule has 0 aliphatic rings. The van der Waals surface area contributed by atoms with E-state index in [-0.39, 0.29) is 18.6 Å². The molecule has 3 heteroatoms. The number of aromatic nitrogens is 1. The first kappa shape index (κ1) is 12.7. The summed E-state index contributed by atoms with van der Waals surface area (Å²) >= 11 is 0. The highest BCUT2D eigenvalue weighted by Crippen LogP contribution is 2.20. The summed E-state index contributed by atoms with van der Waals surface area (Å²) in [5, 5.41) is 1.17. The van der Waals surface area contributed by atoms with Crippen molar-refractivity contribution in [3.8, 4) is 0 Å². The van der Waals surface area contributed by atoms with Gasteiger partial charge in [-0.25, -0.2) is 0 Å². The maximum Gasteiger partial charge on any atom is 0.326 e. The first-order chi connectivity index (χ1) is 8.61. The molecular weight excluding hydrogens is 226 g/mol. The molecule has 0 radical (unpaired) electrons. The quantitative estimate of drug-likeness (QED) is 0.775. The zero-order valence-electron chi connectivity index (χ0n) is 11.1. The van der Waals surface area contributed by atoms with Crippen molar-refractivity contribution in [1.29, 1.82) is 0 Å². The maximum absolute atomic E-state index is 11.7. The number of nitrogens with zero attached hydrogens (tertiary/aromatic N) is 1. The molecule has 3 nitrogen and oxygen atoms in total. The van der Waals surface area contributed by atoms with Crippen LogP contribution in [0.25, 0.3) is 10.9 Å². The van der Waals surface area contributed by atoms with Gasteiger partial charge in [-0.2, -0.15) is 0 Å². The van der Waals surface area contributed by atoms with Gasteiger partial charge >= 0.3 is 5.97 Å². The molecule has 0 unspecified atom stereocenters. The van der Waals surface area contributed by atoms with Gasteiger partial charge in [0.1, 0.15) is 6.54 Å². The van der Waals surface area contributed by atoms with Gasteiger partial charge in [-0.3, -0.25) is 4.79 Å². The van der Waals surface area contributed by atoms with Crippen LogP contribution in [0.15, 0.2) is 30.5 Å². The van der Waals surface area contributed by atoms with Gasteiger partial charge in [-0.1, -0.05) is 25.1 Å². The van der Waals surface area contributed by atoms with Crippen LogP contribution in [-0.2, 0) is 22.5 Å². The Morgan fingerprint density at radius 2 is 2.11 bits per heavy atom. The van der Waals surface area contributed by atoms with Crippen LogP contribution in [0.2, 0.25) is 0 Å². The Bertz CT molecular complexity index is 555. The number of esters is 1. The molecule has 96 valence electrons. The second kappa shape index (κ2) is 5.25. The van der Waals surface area contributed by atoms with Crippen molar-refractivity contribution in [2.45, 2.75) is 39.8 Å². The Morgan fingerprint density at radius 3 is 2.78 bits per heavy atom. The van der Waals surface area contributed by atoms with Gasteiger partial charge in [0.2, 0.25) is 0 Å². The lowest BCUT2D eigenvalue weighted by molar-refractivity contribution is -0.148. The number of hydrogen-bond acceptors (Lipinski definition) is 2. The predicted molar refractivity (Wildman–Crippen MR) is 72.5 cm³/mol. The van der Waals surface area contributed by atoms with E-state index in [1.807, 2.05) is 30.7 Å². The third-order valence-electron chi connectivity index (χ3n) is 2.92. The summed E-state index contributed by atoms with van der Waals surface area (Å²) in [4.78, 5) is 11.7. The fourth-order valence-corrected chi connectivity index (χ4v) is 2.20. The first-order valence-corrected chi connectivity index (χ1v) is 6.38. The number of carbonyl (C=O) groups is 1. The average molecular weight is 245 g/mol. The van der Waals surface area contributed by atoms with Crippen molar-refractivity contribution in [2.24, 2.45) is 0 Å². The summed E-state index contributed by atoms with van der Waals surface area (Å²) in [7, 11) is 0. The molecule has 2 rings (SSSR count). The summed E-state index contributed by atoms with van der Waals surface area (Å²) in [6.45, 7) is 6.13. The van der Waals surface area contributed by atoms with Gasteiger partial charge in [-0.15, -0.1) is 0 Å². The number of aryl methyl sites for hydroxylation is 1. The van der Waals surface area contributed by atoms with Crippen LogP contribution >= 0.6 is 0 Å². The van der Waals surface area contributed by atoms with Crippen LogP contribution in [0.1, 0.15) is 26.3 Å². The third-order valence-corrected chi connectivity index (χ3v) is 2.92. The molecule has 0 aliphatic carbocycles. The number of rotatable bonds is 4. The lowest BCUT2D eigenvalue weighted by Crippen LogP contribution is -2.17. The van der Waals surface area contributed by atoms with E-state index in [0.29, 0.717) is 0 Å². The van der Waals surface area contributed by atoms with Crippen molar-refractivity contribution in [3.05, 3.63) is 36.0 Å². The minimum absolute atomic E-state index is 0.0648. The normalized spacial score (nSPS) is 11.1. The van der Waals surface area contributed by atoms with Crippen LogP contribution in [0.5, 0.6) is 0 Å². The Hall–Kier alpha value is -1.77. The molecule has 0 saturated carbocycles. The molecule has 0 atom stereocenters. The van der Waals surface area contributed by atoms with E-state index in [9.17, 15) is 4.79 Å². The summed E-state index contributed by atoms with van der Waals surface area (Å²) < 4.78 is 7.16. The lowest BCUT2D eigenvalue weighted by atomic mass is 10.1. The Kier molecular flexibility index (Phi) is 3.70. The van der Waals surface area contributed by atoms with E-state index in [2.05, 4.69) is 25.1 Å². The van der Waals surface area contributed by atoms with Crippen LogP contribution in [0.4, 0.5) is 0 Å². The number of para-hydroxylation sites is 1. The molecule has 0 N–H and O–H groups in total. The summed E-state index contributed by atoms with van der Waals surface area (Å²) in [6.07, 6.45) is 2.84. The topological polar surface area (TPSA) is 31.2 Å². The molecular formula is C15H19NO2. The van der Waals surface area contributed by atoms with Gasteiger partial charge < -0.3 is 9.30 Å². The van der Waals surface area contributed by atoms with Gasteiger partial charge in [0.15, 0.2) is 0 Å². The molecule has 0 bridgehead atoms. The number of benzene rings is 1. The van der Waals surface area contributed by atoms with Crippen LogP contribution in [-0.4, -0.2) is 16.6 Å². The second-order valence-electron chi connectivity index (χ2n) is 4.69. The number of carbonyl (C=O) groups excluding carboxylic acids is 1. The Labute approximate surface area is 107 Å². The number of ether oxygens (including phenoxy) is 1. The summed E-state index contributed by atoms with van der Waals surface area (Å²) in [5.74, 6) is -0.187. The molecule has 2 aromatic rings. The molecule has 1 aromatic carbocycles. The monoisotopic (exact) mass is 245 g/mol. The van der Waals surface area contributed by atoms with Crippen LogP contribution in [0.3, 0.4) is 0 Å². The fraction of sp³-hybridized carbons (Fsp3) is 0.400. The van der Waals surface area contributed by atoms with Gasteiger partial charge in [-0.05, 0) is 37.3 Å². The minimum atomic E-state index is -0.187. The van der Waals surface area contributed by atoms with E-state index in [1.165, 1.54) is 10.9 Å². The standard InChI is InChI=1S/C15H19NO2/c1-4-12-6-5-7-13-8-9-16(15(12)13)10-14(17)18-11(2)3/h5-9,11H,4,10H2,1-3H3. The van der Waals surface area contributed by atoms with Crippen LogP contribution in [0, 0.1) is 0 Å². The molecule has 1 heterocycles. The van der Waals surface area contributed by atoms with Gasteiger partial charge in [0, 0.05) is 6.20 Å². The second-order valence-corrected chi connectivity index (χ2v) is 4.69. The SMILES string of the molecule is CCc1cccc2ccn(CC(=O)OC(C)C)c12. The zero-order chi connectivity index (χ0) is 13.1. The summed E-state index contributed by atoms with van der Waals surface area (Å²) in [6, 6.07) is 8.26. The lowest BCUT2D eigenvalue weighted by Gasteiger charge is -2.11.